The summed E-state index contributed by atoms with van der Waals surface area (Å²) >= 11 is 0. The zero-order valence-corrected chi connectivity index (χ0v) is 12.4. The molecule has 1 atom stereocenters. The second-order valence-corrected chi connectivity index (χ2v) is 5.02. The molecule has 0 aliphatic carbocycles. The van der Waals surface area contributed by atoms with Gasteiger partial charge in [0, 0.05) is 38.4 Å². The van der Waals surface area contributed by atoms with Crippen molar-refractivity contribution < 1.29 is 14.6 Å². The summed E-state index contributed by atoms with van der Waals surface area (Å²) in [5.74, 6) is 0. The number of anilines is 1. The molecule has 0 bridgehead atoms. The predicted octanol–water partition coefficient (Wildman–Crippen LogP) is 0.957. The van der Waals surface area contributed by atoms with E-state index in [2.05, 4.69) is 4.90 Å². The van der Waals surface area contributed by atoms with Crippen LogP contribution in [0.4, 0.5) is 10.5 Å². The van der Waals surface area contributed by atoms with Crippen molar-refractivity contribution in [2.45, 2.75) is 13.0 Å². The van der Waals surface area contributed by atoms with Crippen molar-refractivity contribution in [3.63, 3.8) is 0 Å². The van der Waals surface area contributed by atoms with E-state index >= 15 is 0 Å². The predicted molar refractivity (Wildman–Crippen MR) is 81.3 cm³/mol. The van der Waals surface area contributed by atoms with E-state index in [1.54, 1.807) is 4.90 Å². The first kappa shape index (κ1) is 15.6. The van der Waals surface area contributed by atoms with Gasteiger partial charge in [0.15, 0.2) is 0 Å². The van der Waals surface area contributed by atoms with Gasteiger partial charge >= 0.3 is 6.09 Å². The molecule has 116 valence electrons. The molecule has 1 aliphatic heterocycles. The van der Waals surface area contributed by atoms with Gasteiger partial charge < -0.3 is 25.4 Å². The SMILES string of the molecule is CCOC(=O)N1CCN(c2ccc(C(O)CN)cc2)CC1. The summed E-state index contributed by atoms with van der Waals surface area (Å²) in [5, 5.41) is 9.68. The van der Waals surface area contributed by atoms with Crippen molar-refractivity contribution in [2.75, 3.05) is 44.2 Å². The number of piperazine rings is 1. The van der Waals surface area contributed by atoms with Crippen molar-refractivity contribution in [1.29, 1.82) is 0 Å². The van der Waals surface area contributed by atoms with E-state index in [4.69, 9.17) is 10.5 Å². The highest BCUT2D eigenvalue weighted by atomic mass is 16.6. The summed E-state index contributed by atoms with van der Waals surface area (Å²) in [4.78, 5) is 15.6. The van der Waals surface area contributed by atoms with Crippen LogP contribution in [0.3, 0.4) is 0 Å². The van der Waals surface area contributed by atoms with E-state index in [9.17, 15) is 9.90 Å². The van der Waals surface area contributed by atoms with E-state index in [0.717, 1.165) is 24.3 Å². The molecule has 1 aromatic carbocycles. The second kappa shape index (κ2) is 7.28. The van der Waals surface area contributed by atoms with Crippen LogP contribution in [0.2, 0.25) is 0 Å². The zero-order valence-electron chi connectivity index (χ0n) is 12.4. The molecule has 0 radical (unpaired) electrons. The molecule has 6 heteroatoms. The van der Waals surface area contributed by atoms with Crippen molar-refractivity contribution in [3.8, 4) is 0 Å². The minimum atomic E-state index is -0.611. The fourth-order valence-electron chi connectivity index (χ4n) is 2.41. The Bertz CT molecular complexity index is 456. The van der Waals surface area contributed by atoms with Crippen molar-refractivity contribution in [3.05, 3.63) is 29.8 Å². The Balaban J connectivity index is 1.91. The van der Waals surface area contributed by atoms with Crippen molar-refractivity contribution in [1.82, 2.24) is 4.90 Å². The summed E-state index contributed by atoms with van der Waals surface area (Å²) in [6, 6.07) is 7.75. The number of carbonyl (C=O) groups excluding carboxylic acids is 1. The largest absolute Gasteiger partial charge is 0.450 e. The standard InChI is InChI=1S/C15H23N3O3/c1-2-21-15(20)18-9-7-17(8-10-18)13-5-3-12(4-6-13)14(19)11-16/h3-6,14,19H,2,7-11,16H2,1H3. The van der Waals surface area contributed by atoms with Gasteiger partial charge in [-0.3, -0.25) is 0 Å². The third kappa shape index (κ3) is 3.86. The van der Waals surface area contributed by atoms with Gasteiger partial charge in [0.05, 0.1) is 12.7 Å². The summed E-state index contributed by atoms with van der Waals surface area (Å²) < 4.78 is 5.01. The first-order valence-corrected chi connectivity index (χ1v) is 7.30. The Morgan fingerprint density at radius 2 is 1.90 bits per heavy atom. The number of hydrogen-bond donors (Lipinski definition) is 2. The molecule has 0 spiro atoms. The van der Waals surface area contributed by atoms with E-state index in [-0.39, 0.29) is 12.6 Å². The van der Waals surface area contributed by atoms with E-state index in [1.165, 1.54) is 0 Å². The number of carbonyl (C=O) groups is 1. The number of benzene rings is 1. The van der Waals surface area contributed by atoms with E-state index in [0.29, 0.717) is 19.7 Å². The number of ether oxygens (including phenoxy) is 1. The first-order valence-electron chi connectivity index (χ1n) is 7.30. The van der Waals surface area contributed by atoms with Crippen LogP contribution in [0.15, 0.2) is 24.3 Å². The fraction of sp³-hybridized carbons (Fsp3) is 0.533. The molecule has 1 aromatic rings. The smallest absolute Gasteiger partial charge is 0.409 e. The average molecular weight is 293 g/mol. The molecule has 2 rings (SSSR count). The van der Waals surface area contributed by atoms with Gasteiger partial charge in [-0.25, -0.2) is 4.79 Å². The highest BCUT2D eigenvalue weighted by molar-refractivity contribution is 5.68. The molecule has 1 heterocycles. The van der Waals surface area contributed by atoms with Gasteiger partial charge in [0.2, 0.25) is 0 Å². The second-order valence-electron chi connectivity index (χ2n) is 5.02. The molecule has 6 nitrogen and oxygen atoms in total. The van der Waals surface area contributed by atoms with Gasteiger partial charge in [-0.2, -0.15) is 0 Å². The maximum atomic E-state index is 11.6. The molecular weight excluding hydrogens is 270 g/mol. The normalized spacial score (nSPS) is 16.7. The third-order valence-electron chi connectivity index (χ3n) is 3.67. The fourth-order valence-corrected chi connectivity index (χ4v) is 2.41. The summed E-state index contributed by atoms with van der Waals surface area (Å²) in [6.45, 7) is 5.31. The first-order chi connectivity index (χ1) is 10.2. The van der Waals surface area contributed by atoms with Crippen LogP contribution in [-0.4, -0.2) is 55.4 Å². The molecule has 1 aliphatic rings. The number of nitrogens with zero attached hydrogens (tertiary/aromatic N) is 2. The quantitative estimate of drug-likeness (QED) is 0.864. The maximum absolute atomic E-state index is 11.6. The van der Waals surface area contributed by atoms with Crippen LogP contribution >= 0.6 is 0 Å². The molecule has 3 N–H and O–H groups in total. The number of hydrogen-bond acceptors (Lipinski definition) is 5. The van der Waals surface area contributed by atoms with Gasteiger partial charge in [0.25, 0.3) is 0 Å². The molecular formula is C15H23N3O3. The molecule has 0 saturated carbocycles. The van der Waals surface area contributed by atoms with E-state index < -0.39 is 6.10 Å². The van der Waals surface area contributed by atoms with Gasteiger partial charge in [-0.1, -0.05) is 12.1 Å². The Morgan fingerprint density at radius 3 is 2.43 bits per heavy atom. The lowest BCUT2D eigenvalue weighted by atomic mass is 10.1. The van der Waals surface area contributed by atoms with Crippen LogP contribution in [0.25, 0.3) is 0 Å². The van der Waals surface area contributed by atoms with Gasteiger partial charge in [0.1, 0.15) is 0 Å². The Labute approximate surface area is 125 Å². The summed E-state index contributed by atoms with van der Waals surface area (Å²) in [7, 11) is 0. The molecule has 1 unspecified atom stereocenters. The number of aliphatic hydroxyl groups is 1. The lowest BCUT2D eigenvalue weighted by Gasteiger charge is -2.35. The highest BCUT2D eigenvalue weighted by Gasteiger charge is 2.22. The molecule has 0 aromatic heterocycles. The molecule has 21 heavy (non-hydrogen) atoms. The number of aliphatic hydroxyl groups excluding tert-OH is 1. The van der Waals surface area contributed by atoms with E-state index in [1.807, 2.05) is 31.2 Å². The minimum absolute atomic E-state index is 0.220. The minimum Gasteiger partial charge on any atom is -0.450 e. The number of amides is 1. The topological polar surface area (TPSA) is 79.0 Å². The molecule has 1 saturated heterocycles. The zero-order chi connectivity index (χ0) is 15.2. The van der Waals surface area contributed by atoms with Crippen LogP contribution in [0, 0.1) is 0 Å². The number of rotatable bonds is 4. The third-order valence-corrected chi connectivity index (χ3v) is 3.67. The van der Waals surface area contributed by atoms with Crippen LogP contribution < -0.4 is 10.6 Å². The van der Waals surface area contributed by atoms with Crippen LogP contribution in [-0.2, 0) is 4.74 Å². The molecule has 1 amide bonds. The van der Waals surface area contributed by atoms with Gasteiger partial charge in [-0.15, -0.1) is 0 Å². The van der Waals surface area contributed by atoms with Crippen LogP contribution in [0.1, 0.15) is 18.6 Å². The maximum Gasteiger partial charge on any atom is 0.409 e. The highest BCUT2D eigenvalue weighted by Crippen LogP contribution is 2.20. The van der Waals surface area contributed by atoms with Crippen LogP contribution in [0.5, 0.6) is 0 Å². The number of nitrogens with two attached hydrogens (primary N) is 1. The van der Waals surface area contributed by atoms with Crippen molar-refractivity contribution >= 4 is 11.8 Å². The lowest BCUT2D eigenvalue weighted by Crippen LogP contribution is -2.49. The summed E-state index contributed by atoms with van der Waals surface area (Å²) in [6.07, 6.45) is -0.849. The Hall–Kier alpha value is -1.79. The lowest BCUT2D eigenvalue weighted by molar-refractivity contribution is 0.105. The Kier molecular flexibility index (Phi) is 5.41. The van der Waals surface area contributed by atoms with Gasteiger partial charge in [-0.05, 0) is 24.6 Å². The summed E-state index contributed by atoms with van der Waals surface area (Å²) in [5.41, 5.74) is 7.36. The Morgan fingerprint density at radius 1 is 1.29 bits per heavy atom. The average Bonchev–Trinajstić information content (AvgIpc) is 2.54. The monoisotopic (exact) mass is 293 g/mol. The molecule has 1 fully saturated rings. The van der Waals surface area contributed by atoms with Crippen molar-refractivity contribution in [2.24, 2.45) is 5.73 Å².